The molecule has 676 valence electrons. The number of fused-ring (bicyclic) bond motifs is 18. The lowest BCUT2D eigenvalue weighted by Gasteiger charge is -2.63. The number of nitro groups is 6. The maximum absolute atomic E-state index is 14.9. The van der Waals surface area contributed by atoms with Crippen molar-refractivity contribution in [2.45, 2.75) is 281 Å². The molecule has 0 saturated heterocycles. The number of benzene rings is 6. The summed E-state index contributed by atoms with van der Waals surface area (Å²) in [5.74, 6) is -1.62. The number of carbonyl (C=O) groups is 3. The Morgan fingerprint density at radius 3 is 0.725 bits per heavy atom. The van der Waals surface area contributed by atoms with E-state index < -0.39 is 97.8 Å². The van der Waals surface area contributed by atoms with E-state index in [1.807, 2.05) is 20.8 Å². The maximum atomic E-state index is 14.9. The summed E-state index contributed by atoms with van der Waals surface area (Å²) in [5, 5.41) is 71.6. The minimum atomic E-state index is -0.909. The van der Waals surface area contributed by atoms with E-state index in [4.69, 9.17) is 44.1 Å². The molecule has 30 heteroatoms. The van der Waals surface area contributed by atoms with E-state index in [9.17, 15) is 75.1 Å². The van der Waals surface area contributed by atoms with Crippen LogP contribution in [0.15, 0.2) is 91.0 Å². The van der Waals surface area contributed by atoms with Crippen molar-refractivity contribution in [3.8, 4) is 0 Å². The first-order valence-corrected chi connectivity index (χ1v) is 47.0. The van der Waals surface area contributed by atoms with Crippen LogP contribution in [0.4, 0.5) is 34.1 Å². The van der Waals surface area contributed by atoms with E-state index in [1.165, 1.54) is 36.4 Å². The first-order chi connectivity index (χ1) is 62.1. The number of hydrogen-bond acceptors (Lipinski definition) is 24. The van der Waals surface area contributed by atoms with E-state index in [1.54, 1.807) is 0 Å². The lowest BCUT2D eigenvalue weighted by molar-refractivity contribution is -0.394. The van der Waals surface area contributed by atoms with Crippen LogP contribution < -0.4 is 0 Å². The number of carbonyl (C=O) groups excluding carboxylic acids is 3. The summed E-state index contributed by atoms with van der Waals surface area (Å²) in [6, 6.07) is 24.1. The first-order valence-electron chi connectivity index (χ1n) is 47.0. The lowest BCUT2D eigenvalue weighted by Crippen LogP contribution is -2.60. The van der Waals surface area contributed by atoms with Crippen LogP contribution in [0, 0.1) is 129 Å². The molecule has 3 aromatic heterocycles. The predicted molar refractivity (Wildman–Crippen MR) is 477 cm³/mol. The summed E-state index contributed by atoms with van der Waals surface area (Å²) in [4.78, 5) is 148. The summed E-state index contributed by atoms with van der Waals surface area (Å²) < 4.78 is 18.4. The molecule has 18 atom stereocenters. The Morgan fingerprint density at radius 1 is 0.290 bits per heavy atom. The number of non-ortho nitro benzene ring substituents is 6. The molecule has 8 bridgehead atoms. The third-order valence-electron chi connectivity index (χ3n) is 38.3. The van der Waals surface area contributed by atoms with E-state index in [2.05, 4.69) is 77.9 Å². The van der Waals surface area contributed by atoms with Gasteiger partial charge in [-0.3, -0.25) is 75.1 Å². The van der Waals surface area contributed by atoms with Crippen molar-refractivity contribution in [2.24, 2.45) is 68.0 Å². The highest BCUT2D eigenvalue weighted by molar-refractivity contribution is 5.89. The molecule has 15 aliphatic carbocycles. The summed E-state index contributed by atoms with van der Waals surface area (Å²) in [7, 11) is 0. The fourth-order valence-electron chi connectivity index (χ4n) is 33.2. The van der Waals surface area contributed by atoms with Crippen molar-refractivity contribution in [1.29, 1.82) is 0 Å². The van der Waals surface area contributed by atoms with Crippen molar-refractivity contribution in [3.63, 3.8) is 0 Å². The standard InChI is InChI=1S/C101H104N12O18/c1-90-25-13-77-94(5)20-11-23-97(8,88(115)130-47-53-33-57(110(121)122)38-58(34-53)111(123)124)74(94)17-29-100(77,49-90)85-81(90)102-67-40-61-65(44-71(67)106-85)80-63-42-69-70(105-84-83(104-69)92(3)27-15-76-93(4)19-10-22-96(7,73(93)16-28-99(76,84)51-92)87(114)129-46-52-31-55(108(117)118)37-56(32-52)109(119)120)43-64(63)79(61)62-41-68-72(45-66(62)80)107-86-82(103-68)91(2)26-14-78-95(6)21-12-24-98(9,75(95)18-30-101(78,86)50-91)89(116)131-48-54-35-59(112(125)126)39-60(36-54)113(127)128/h31-45,73-80H,10-30,46-51H2,1-9H3. The zero-order valence-electron chi connectivity index (χ0n) is 75.1. The molecule has 131 heavy (non-hydrogen) atoms. The smallest absolute Gasteiger partial charge is 0.312 e. The van der Waals surface area contributed by atoms with Crippen LogP contribution in [0.5, 0.6) is 0 Å². The van der Waals surface area contributed by atoms with Gasteiger partial charge in [0.25, 0.3) is 34.1 Å². The van der Waals surface area contributed by atoms with Crippen molar-refractivity contribution in [3.05, 3.63) is 236 Å². The second-order valence-electron chi connectivity index (χ2n) is 44.9. The lowest BCUT2D eigenvalue weighted by atomic mass is 9.40. The maximum Gasteiger partial charge on any atom is 0.312 e. The number of esters is 3. The van der Waals surface area contributed by atoms with Gasteiger partial charge in [0.2, 0.25) is 0 Å². The van der Waals surface area contributed by atoms with Gasteiger partial charge in [0.1, 0.15) is 19.8 Å². The molecule has 9 saturated carbocycles. The highest BCUT2D eigenvalue weighted by Crippen LogP contribution is 2.78. The second kappa shape index (κ2) is 27.4. The summed E-state index contributed by atoms with van der Waals surface area (Å²) in [5.41, 5.74) is 10.3. The Kier molecular flexibility index (Phi) is 17.5. The molecule has 15 aliphatic rings. The van der Waals surface area contributed by atoms with Gasteiger partial charge in [0, 0.05) is 97.4 Å². The van der Waals surface area contributed by atoms with Crippen LogP contribution in [-0.2, 0) is 80.9 Å². The fraction of sp³-hybridized carbons (Fsp3) is 0.554. The van der Waals surface area contributed by atoms with Crippen molar-refractivity contribution in [2.75, 3.05) is 0 Å². The third kappa shape index (κ3) is 11.3. The molecular weight excluding hydrogens is 1670 g/mol. The SMILES string of the molecule is CC12CCC3C(CCC4C(C)(C(=O)OCc5cc([N+](=O)[O-])cc([N+](=O)[O-])c5)CCCC43C)(C1)c1nc3cc4c(cc3nc12)C1c2cc3nc5c(nc3cc2C4c2cc3nc4c(nc3cc21)C12CCC3C(C)(C(=O)OCc6cc([N+](=O)[O-])cc([N+](=O)[O-])c6)CCCC3(C)C1CCC4(C)C2)C1(C)CCC2C5(CCC3C(C)(C(=O)OCc4cc([N+](=O)[O-])cc([N+](=O)[O-])c4)CCCC32C)C1. The molecule has 0 amide bonds. The van der Waals surface area contributed by atoms with Crippen LogP contribution in [0.2, 0.25) is 0 Å². The number of ether oxygens (including phenoxy) is 3. The molecule has 6 aromatic carbocycles. The monoisotopic (exact) mass is 1770 g/mol. The van der Waals surface area contributed by atoms with Crippen LogP contribution in [-0.4, -0.2) is 77.4 Å². The Labute approximate surface area is 753 Å². The Balaban J connectivity index is 0.617. The highest BCUT2D eigenvalue weighted by atomic mass is 16.7. The normalized spacial score (nSPS) is 35.7. The zero-order valence-corrected chi connectivity index (χ0v) is 75.1. The quantitative estimate of drug-likeness (QED) is 0.0398. The molecular formula is C101H104N12O18. The predicted octanol–water partition coefficient (Wildman–Crippen LogP) is 20.9. The Hall–Kier alpha value is -11.8. The molecule has 18 unspecified atom stereocenters. The van der Waals surface area contributed by atoms with E-state index in [0.717, 1.165) is 254 Å². The molecule has 0 N–H and O–H groups in total. The van der Waals surface area contributed by atoms with Gasteiger partial charge in [-0.2, -0.15) is 0 Å². The summed E-state index contributed by atoms with van der Waals surface area (Å²) >= 11 is 0. The topological polar surface area (TPSA) is 415 Å². The van der Waals surface area contributed by atoms with Gasteiger partial charge < -0.3 is 14.2 Å². The van der Waals surface area contributed by atoms with Gasteiger partial charge in [-0.15, -0.1) is 0 Å². The number of aromatic nitrogens is 6. The van der Waals surface area contributed by atoms with E-state index in [0.29, 0.717) is 19.3 Å². The van der Waals surface area contributed by atoms with Gasteiger partial charge in [-0.05, 0) is 277 Å². The van der Waals surface area contributed by atoms with Crippen molar-refractivity contribution in [1.82, 2.24) is 29.9 Å². The van der Waals surface area contributed by atoms with Crippen LogP contribution in [0.3, 0.4) is 0 Å². The average molecular weight is 1770 g/mol. The summed E-state index contributed by atoms with van der Waals surface area (Å²) in [6.45, 7) is 19.3. The number of hydrogen-bond donors (Lipinski definition) is 0. The van der Waals surface area contributed by atoms with Crippen LogP contribution in [0.1, 0.15) is 312 Å². The molecule has 3 spiro atoms. The van der Waals surface area contributed by atoms with Crippen molar-refractivity contribution >= 4 is 85.1 Å². The zero-order chi connectivity index (χ0) is 91.5. The fourth-order valence-corrected chi connectivity index (χ4v) is 33.2. The average Bonchev–Trinajstić information content (AvgIpc) is 1.56. The largest absolute Gasteiger partial charge is 0.460 e. The Bertz CT molecular complexity index is 6420. The van der Waals surface area contributed by atoms with Crippen LogP contribution in [0.25, 0.3) is 33.1 Å². The molecule has 30 nitrogen and oxygen atoms in total. The molecule has 9 fully saturated rings. The molecule has 9 aromatic rings. The first kappa shape index (κ1) is 83.5. The number of rotatable bonds is 15. The summed E-state index contributed by atoms with van der Waals surface area (Å²) in [6.07, 6.45) is 19.4. The third-order valence-corrected chi connectivity index (χ3v) is 38.3. The van der Waals surface area contributed by atoms with Gasteiger partial charge >= 0.3 is 17.9 Å². The van der Waals surface area contributed by atoms with E-state index >= 15 is 0 Å². The van der Waals surface area contributed by atoms with Gasteiger partial charge in [-0.25, -0.2) is 29.9 Å². The minimum Gasteiger partial charge on any atom is -0.460 e. The van der Waals surface area contributed by atoms with Crippen molar-refractivity contribution < 1.29 is 58.1 Å². The van der Waals surface area contributed by atoms with Gasteiger partial charge in [0.15, 0.2) is 0 Å². The van der Waals surface area contributed by atoms with Gasteiger partial charge in [-0.1, -0.05) is 60.8 Å². The van der Waals surface area contributed by atoms with Gasteiger partial charge in [0.05, 0.1) is 131 Å². The highest BCUT2D eigenvalue weighted by Gasteiger charge is 2.74. The molecule has 0 radical (unpaired) electrons. The van der Waals surface area contributed by atoms with Crippen LogP contribution >= 0.6 is 0 Å². The van der Waals surface area contributed by atoms with E-state index in [-0.39, 0.29) is 133 Å². The minimum absolute atomic E-state index is 0.0688. The Morgan fingerprint density at radius 2 is 0.504 bits per heavy atom. The number of nitro benzene ring substituents is 6. The molecule has 24 rings (SSSR count). The second-order valence-corrected chi connectivity index (χ2v) is 44.9. The number of nitrogens with zero attached hydrogens (tertiary/aromatic N) is 12. The molecule has 3 heterocycles. The molecule has 0 aliphatic heterocycles.